The van der Waals surface area contributed by atoms with Gasteiger partial charge in [-0.1, -0.05) is 182 Å². The first kappa shape index (κ1) is 32.4. The summed E-state index contributed by atoms with van der Waals surface area (Å²) in [5.41, 5.74) is 12.7. The Hall–Kier alpha value is -7.48. The third kappa shape index (κ3) is 6.43. The lowest BCUT2D eigenvalue weighted by Gasteiger charge is -2.13. The SMILES string of the molecule is N#Cc1ccc(-c2ccc(-c3ccc(-c4ccc(-c5ccc(-c6nc(-c7ccccc7)nc(-c7ccccc7)n6)cc5)c5ccccc45)cc3)cc2)cc1. The monoisotopic (exact) mass is 688 g/mol. The molecule has 0 radical (unpaired) electrons. The molecule has 8 aromatic carbocycles. The van der Waals surface area contributed by atoms with Gasteiger partial charge in [0, 0.05) is 16.7 Å². The van der Waals surface area contributed by atoms with Crippen molar-refractivity contribution in [1.29, 1.82) is 5.26 Å². The molecule has 9 aromatic rings. The quantitative estimate of drug-likeness (QED) is 0.167. The van der Waals surface area contributed by atoms with Crippen LogP contribution in [0.25, 0.3) is 89.4 Å². The van der Waals surface area contributed by atoms with Crippen molar-refractivity contribution in [2.24, 2.45) is 0 Å². The van der Waals surface area contributed by atoms with E-state index in [1.165, 1.54) is 27.5 Å². The predicted octanol–water partition coefficient (Wildman–Crippen LogP) is 12.6. The molecule has 0 saturated heterocycles. The fourth-order valence-electron chi connectivity index (χ4n) is 6.97. The van der Waals surface area contributed by atoms with Crippen LogP contribution in [0.2, 0.25) is 0 Å². The third-order valence-electron chi connectivity index (χ3n) is 9.84. The van der Waals surface area contributed by atoms with Crippen molar-refractivity contribution >= 4 is 10.8 Å². The van der Waals surface area contributed by atoms with Crippen molar-refractivity contribution in [1.82, 2.24) is 15.0 Å². The summed E-state index contributed by atoms with van der Waals surface area (Å²) in [7, 11) is 0. The number of rotatable bonds is 7. The second kappa shape index (κ2) is 14.3. The fraction of sp³-hybridized carbons (Fsp3) is 0. The minimum Gasteiger partial charge on any atom is -0.208 e. The van der Waals surface area contributed by atoms with Gasteiger partial charge in [0.05, 0.1) is 11.6 Å². The van der Waals surface area contributed by atoms with Gasteiger partial charge < -0.3 is 0 Å². The molecule has 0 aliphatic carbocycles. The van der Waals surface area contributed by atoms with Gasteiger partial charge in [0.2, 0.25) is 0 Å². The summed E-state index contributed by atoms with van der Waals surface area (Å²) in [5, 5.41) is 11.5. The van der Waals surface area contributed by atoms with Crippen LogP contribution in [0.4, 0.5) is 0 Å². The Kier molecular flexibility index (Phi) is 8.57. The van der Waals surface area contributed by atoms with Crippen LogP contribution in [-0.2, 0) is 0 Å². The number of hydrogen-bond donors (Lipinski definition) is 0. The van der Waals surface area contributed by atoms with E-state index in [0.29, 0.717) is 23.0 Å². The lowest BCUT2D eigenvalue weighted by molar-refractivity contribution is 1.07. The van der Waals surface area contributed by atoms with Gasteiger partial charge >= 0.3 is 0 Å². The Labute approximate surface area is 314 Å². The number of hydrogen-bond acceptors (Lipinski definition) is 4. The summed E-state index contributed by atoms with van der Waals surface area (Å²) >= 11 is 0. The van der Waals surface area contributed by atoms with E-state index >= 15 is 0 Å². The topological polar surface area (TPSA) is 62.5 Å². The van der Waals surface area contributed by atoms with Crippen molar-refractivity contribution in [2.75, 3.05) is 0 Å². The van der Waals surface area contributed by atoms with Crippen LogP contribution in [0.15, 0.2) is 194 Å². The molecule has 4 nitrogen and oxygen atoms in total. The largest absolute Gasteiger partial charge is 0.208 e. The second-order valence-electron chi connectivity index (χ2n) is 13.2. The van der Waals surface area contributed by atoms with Gasteiger partial charge in [-0.25, -0.2) is 15.0 Å². The molecule has 4 heteroatoms. The highest BCUT2D eigenvalue weighted by atomic mass is 15.0. The molecule has 9 rings (SSSR count). The van der Waals surface area contributed by atoms with Gasteiger partial charge in [-0.3, -0.25) is 0 Å². The van der Waals surface area contributed by atoms with E-state index in [-0.39, 0.29) is 0 Å². The van der Waals surface area contributed by atoms with Gasteiger partial charge in [0.15, 0.2) is 17.5 Å². The van der Waals surface area contributed by atoms with E-state index in [0.717, 1.165) is 44.5 Å². The van der Waals surface area contributed by atoms with E-state index in [9.17, 15) is 0 Å². The molecule has 0 atom stereocenters. The summed E-state index contributed by atoms with van der Waals surface area (Å²) in [6.45, 7) is 0. The Balaban J connectivity index is 1.01. The first-order valence-electron chi connectivity index (χ1n) is 17.9. The molecule has 54 heavy (non-hydrogen) atoms. The maximum Gasteiger partial charge on any atom is 0.164 e. The van der Waals surface area contributed by atoms with E-state index in [1.807, 2.05) is 84.9 Å². The van der Waals surface area contributed by atoms with Crippen molar-refractivity contribution < 1.29 is 0 Å². The number of nitriles is 1. The van der Waals surface area contributed by atoms with Gasteiger partial charge in [0.25, 0.3) is 0 Å². The van der Waals surface area contributed by atoms with Crippen molar-refractivity contribution in [3.05, 3.63) is 200 Å². The molecular weight excluding hydrogens is 657 g/mol. The number of aromatic nitrogens is 3. The summed E-state index contributed by atoms with van der Waals surface area (Å²) < 4.78 is 0. The molecule has 0 unspecified atom stereocenters. The molecule has 0 aliphatic heterocycles. The number of fused-ring (bicyclic) bond motifs is 1. The van der Waals surface area contributed by atoms with Crippen LogP contribution in [0, 0.1) is 11.3 Å². The van der Waals surface area contributed by atoms with E-state index < -0.39 is 0 Å². The molecule has 0 spiro atoms. The fourth-order valence-corrected chi connectivity index (χ4v) is 6.97. The summed E-state index contributed by atoms with van der Waals surface area (Å²) in [5.74, 6) is 1.94. The maximum atomic E-state index is 9.12. The summed E-state index contributed by atoms with van der Waals surface area (Å²) in [6, 6.07) is 69.0. The molecule has 0 N–H and O–H groups in total. The molecule has 252 valence electrons. The highest BCUT2D eigenvalue weighted by Crippen LogP contribution is 2.37. The summed E-state index contributed by atoms with van der Waals surface area (Å²) in [4.78, 5) is 14.7. The number of benzene rings is 8. The standard InChI is InChI=1S/C50H32N4/c51-33-34-15-17-35(18-16-34)36-19-21-37(22-20-36)38-23-25-39(26-24-38)44-31-32-45(47-14-8-7-13-46(44)47)40-27-29-43(30-28-40)50-53-48(41-9-3-1-4-10-41)52-49(54-50)42-11-5-2-6-12-42/h1-32H. The van der Waals surface area contributed by atoms with Crippen molar-refractivity contribution in [3.8, 4) is 84.7 Å². The molecule has 0 fully saturated rings. The maximum absolute atomic E-state index is 9.12. The first-order chi connectivity index (χ1) is 26.7. The molecular formula is C50H32N4. The zero-order valence-electron chi connectivity index (χ0n) is 29.3. The van der Waals surface area contributed by atoms with Crippen LogP contribution in [-0.4, -0.2) is 15.0 Å². The average Bonchev–Trinajstić information content (AvgIpc) is 3.27. The lowest BCUT2D eigenvalue weighted by atomic mass is 9.91. The Morgan fingerprint density at radius 1 is 0.278 bits per heavy atom. The smallest absolute Gasteiger partial charge is 0.164 e. The molecule has 1 heterocycles. The predicted molar refractivity (Wildman–Crippen MR) is 220 cm³/mol. The normalized spacial score (nSPS) is 10.9. The zero-order chi connectivity index (χ0) is 36.3. The Morgan fingerprint density at radius 2 is 0.574 bits per heavy atom. The minimum absolute atomic E-state index is 0.639. The van der Waals surface area contributed by atoms with Crippen LogP contribution in [0.1, 0.15) is 5.56 Å². The van der Waals surface area contributed by atoms with Crippen molar-refractivity contribution in [2.45, 2.75) is 0 Å². The number of nitrogens with zero attached hydrogens (tertiary/aromatic N) is 4. The van der Waals surface area contributed by atoms with Gasteiger partial charge in [-0.2, -0.15) is 5.26 Å². The van der Waals surface area contributed by atoms with Crippen LogP contribution >= 0.6 is 0 Å². The van der Waals surface area contributed by atoms with Gasteiger partial charge in [-0.05, 0) is 67.4 Å². The highest BCUT2D eigenvalue weighted by Gasteiger charge is 2.14. The average molecular weight is 689 g/mol. The van der Waals surface area contributed by atoms with Crippen LogP contribution < -0.4 is 0 Å². The van der Waals surface area contributed by atoms with E-state index in [4.69, 9.17) is 20.2 Å². The zero-order valence-corrected chi connectivity index (χ0v) is 29.3. The van der Waals surface area contributed by atoms with Crippen molar-refractivity contribution in [3.63, 3.8) is 0 Å². The van der Waals surface area contributed by atoms with Gasteiger partial charge in [-0.15, -0.1) is 0 Å². The van der Waals surface area contributed by atoms with Gasteiger partial charge in [0.1, 0.15) is 0 Å². The van der Waals surface area contributed by atoms with Crippen LogP contribution in [0.5, 0.6) is 0 Å². The lowest BCUT2D eigenvalue weighted by Crippen LogP contribution is -2.00. The molecule has 0 aliphatic rings. The molecule has 0 saturated carbocycles. The third-order valence-corrected chi connectivity index (χ3v) is 9.84. The first-order valence-corrected chi connectivity index (χ1v) is 17.9. The molecule has 0 bridgehead atoms. The highest BCUT2D eigenvalue weighted by molar-refractivity contribution is 6.05. The second-order valence-corrected chi connectivity index (χ2v) is 13.2. The molecule has 0 amide bonds. The van der Waals surface area contributed by atoms with E-state index in [2.05, 4.69) is 115 Å². The van der Waals surface area contributed by atoms with Crippen LogP contribution in [0.3, 0.4) is 0 Å². The Morgan fingerprint density at radius 3 is 0.944 bits per heavy atom. The van der Waals surface area contributed by atoms with E-state index in [1.54, 1.807) is 0 Å². The summed E-state index contributed by atoms with van der Waals surface area (Å²) in [6.07, 6.45) is 0. The Bertz CT molecular complexity index is 2710. The minimum atomic E-state index is 0.639. The molecule has 1 aromatic heterocycles.